The quantitative estimate of drug-likeness (QED) is 0.814. The molecule has 1 N–H and O–H groups in total. The summed E-state index contributed by atoms with van der Waals surface area (Å²) in [5.74, 6) is 0.120. The van der Waals surface area contributed by atoms with Crippen LogP contribution in [-0.4, -0.2) is 80.0 Å². The number of nitrogens with zero attached hydrogens (tertiary/aromatic N) is 4. The van der Waals surface area contributed by atoms with Gasteiger partial charge in [-0.05, 0) is 38.4 Å². The third kappa shape index (κ3) is 4.85. The number of pyridine rings is 1. The Bertz CT molecular complexity index is 750. The molecule has 1 saturated heterocycles. The second-order valence-electron chi connectivity index (χ2n) is 6.72. The molecule has 0 bridgehead atoms. The second-order valence-corrected chi connectivity index (χ2v) is 6.72. The number of amides is 2. The Morgan fingerprint density at radius 2 is 1.96 bits per heavy atom. The van der Waals surface area contributed by atoms with E-state index in [1.165, 1.54) is 6.26 Å². The van der Waals surface area contributed by atoms with E-state index >= 15 is 0 Å². The summed E-state index contributed by atoms with van der Waals surface area (Å²) in [6.45, 7) is 4.02. The number of piperazine rings is 1. The van der Waals surface area contributed by atoms with E-state index in [4.69, 9.17) is 4.42 Å². The van der Waals surface area contributed by atoms with Crippen LogP contribution in [0.3, 0.4) is 0 Å². The molecule has 2 aromatic rings. The van der Waals surface area contributed by atoms with Crippen LogP contribution in [0.15, 0.2) is 41.1 Å². The monoisotopic (exact) mass is 371 g/mol. The molecule has 27 heavy (non-hydrogen) atoms. The van der Waals surface area contributed by atoms with E-state index in [9.17, 15) is 9.59 Å². The summed E-state index contributed by atoms with van der Waals surface area (Å²) in [7, 11) is 3.92. The lowest BCUT2D eigenvalue weighted by Crippen LogP contribution is -2.48. The first-order valence-corrected chi connectivity index (χ1v) is 9.01. The molecule has 0 aliphatic carbocycles. The van der Waals surface area contributed by atoms with Crippen molar-refractivity contribution < 1.29 is 14.0 Å². The van der Waals surface area contributed by atoms with E-state index in [-0.39, 0.29) is 11.8 Å². The molecule has 1 fully saturated rings. The molecule has 3 rings (SSSR count). The third-order valence-corrected chi connectivity index (χ3v) is 4.49. The van der Waals surface area contributed by atoms with Crippen molar-refractivity contribution in [2.24, 2.45) is 0 Å². The minimum absolute atomic E-state index is 0.0810. The molecule has 0 saturated carbocycles. The van der Waals surface area contributed by atoms with Gasteiger partial charge in [-0.25, -0.2) is 4.98 Å². The van der Waals surface area contributed by atoms with Crippen molar-refractivity contribution in [3.05, 3.63) is 48.2 Å². The molecule has 0 spiro atoms. The van der Waals surface area contributed by atoms with Crippen LogP contribution in [0.2, 0.25) is 0 Å². The molecule has 0 aromatic carbocycles. The van der Waals surface area contributed by atoms with Gasteiger partial charge in [0.2, 0.25) is 0 Å². The minimum Gasteiger partial charge on any atom is -0.459 e. The normalized spacial score (nSPS) is 14.5. The number of hydrogen-bond acceptors (Lipinski definition) is 6. The van der Waals surface area contributed by atoms with E-state index in [2.05, 4.69) is 15.2 Å². The van der Waals surface area contributed by atoms with Gasteiger partial charge in [-0.3, -0.25) is 9.59 Å². The summed E-state index contributed by atoms with van der Waals surface area (Å²) in [6.07, 6.45) is 3.22. The Morgan fingerprint density at radius 3 is 2.56 bits per heavy atom. The van der Waals surface area contributed by atoms with Crippen LogP contribution in [0, 0.1) is 0 Å². The molecule has 2 aromatic heterocycles. The molecule has 8 nitrogen and oxygen atoms in total. The van der Waals surface area contributed by atoms with Crippen LogP contribution < -0.4 is 10.2 Å². The molecule has 1 aliphatic rings. The van der Waals surface area contributed by atoms with Crippen LogP contribution in [0.4, 0.5) is 5.69 Å². The highest BCUT2D eigenvalue weighted by Crippen LogP contribution is 2.17. The predicted octanol–water partition coefficient (Wildman–Crippen LogP) is 0.928. The van der Waals surface area contributed by atoms with Gasteiger partial charge in [0.1, 0.15) is 5.69 Å². The molecule has 0 radical (unpaired) electrons. The Balaban J connectivity index is 1.51. The van der Waals surface area contributed by atoms with Crippen LogP contribution in [0.25, 0.3) is 0 Å². The van der Waals surface area contributed by atoms with Crippen molar-refractivity contribution in [1.82, 2.24) is 20.1 Å². The fourth-order valence-corrected chi connectivity index (χ4v) is 2.91. The number of aromatic nitrogens is 1. The summed E-state index contributed by atoms with van der Waals surface area (Å²) in [5.41, 5.74) is 1.36. The number of carbonyl (C=O) groups excluding carboxylic acids is 2. The second kappa shape index (κ2) is 8.68. The molecular formula is C19H25N5O3. The van der Waals surface area contributed by atoms with Crippen LogP contribution in [0.1, 0.15) is 21.0 Å². The molecule has 3 heterocycles. The average molecular weight is 371 g/mol. The summed E-state index contributed by atoms with van der Waals surface area (Å²) in [6, 6.07) is 7.03. The van der Waals surface area contributed by atoms with Crippen molar-refractivity contribution in [3.63, 3.8) is 0 Å². The standard InChI is InChI=1S/C19H25N5O3/c1-22(2)8-7-20-18(25)16-6-5-15(14-21-16)23-9-11-24(12-10-23)19(26)17-4-3-13-27-17/h3-6,13-14H,7-12H2,1-2H3,(H,20,25). The summed E-state index contributed by atoms with van der Waals surface area (Å²) in [5, 5.41) is 2.85. The first-order chi connectivity index (χ1) is 13.0. The number of rotatable bonds is 6. The topological polar surface area (TPSA) is 81.9 Å². The highest BCUT2D eigenvalue weighted by Gasteiger charge is 2.24. The maximum Gasteiger partial charge on any atom is 0.289 e. The van der Waals surface area contributed by atoms with Gasteiger partial charge < -0.3 is 24.4 Å². The van der Waals surface area contributed by atoms with E-state index in [1.807, 2.05) is 25.1 Å². The molecular weight excluding hydrogens is 346 g/mol. The third-order valence-electron chi connectivity index (χ3n) is 4.49. The van der Waals surface area contributed by atoms with Crippen LogP contribution >= 0.6 is 0 Å². The number of furan rings is 1. The molecule has 2 amide bonds. The maximum atomic E-state index is 12.3. The number of nitrogens with one attached hydrogen (secondary N) is 1. The van der Waals surface area contributed by atoms with Crippen molar-refractivity contribution >= 4 is 17.5 Å². The fraction of sp³-hybridized carbons (Fsp3) is 0.421. The zero-order valence-electron chi connectivity index (χ0n) is 15.7. The summed E-state index contributed by atoms with van der Waals surface area (Å²) in [4.78, 5) is 34.6. The molecule has 0 unspecified atom stereocenters. The Hall–Kier alpha value is -2.87. The predicted molar refractivity (Wildman–Crippen MR) is 102 cm³/mol. The summed E-state index contributed by atoms with van der Waals surface area (Å²) >= 11 is 0. The SMILES string of the molecule is CN(C)CCNC(=O)c1ccc(N2CCN(C(=O)c3ccco3)CC2)cn1. The minimum atomic E-state index is -0.169. The Kier molecular flexibility index (Phi) is 6.08. The number of likely N-dealkylation sites (N-methyl/N-ethyl adjacent to an activating group) is 1. The van der Waals surface area contributed by atoms with E-state index < -0.39 is 0 Å². The average Bonchev–Trinajstić information content (AvgIpc) is 3.22. The zero-order chi connectivity index (χ0) is 19.2. The first-order valence-electron chi connectivity index (χ1n) is 9.01. The van der Waals surface area contributed by atoms with Crippen LogP contribution in [-0.2, 0) is 0 Å². The smallest absolute Gasteiger partial charge is 0.289 e. The lowest BCUT2D eigenvalue weighted by atomic mass is 10.2. The van der Waals surface area contributed by atoms with Crippen molar-refractivity contribution in [2.45, 2.75) is 0 Å². The van der Waals surface area contributed by atoms with Crippen LogP contribution in [0.5, 0.6) is 0 Å². The Labute approximate surface area is 158 Å². The molecule has 144 valence electrons. The lowest BCUT2D eigenvalue weighted by molar-refractivity contribution is 0.0714. The highest BCUT2D eigenvalue weighted by atomic mass is 16.3. The molecule has 1 aliphatic heterocycles. The van der Waals surface area contributed by atoms with Gasteiger partial charge in [0.15, 0.2) is 5.76 Å². The van der Waals surface area contributed by atoms with Crippen molar-refractivity contribution in [2.75, 3.05) is 58.3 Å². The van der Waals surface area contributed by atoms with Gasteiger partial charge in [0, 0.05) is 39.3 Å². The number of hydrogen-bond donors (Lipinski definition) is 1. The van der Waals surface area contributed by atoms with Gasteiger partial charge in [-0.15, -0.1) is 0 Å². The first kappa shape index (κ1) is 18.9. The lowest BCUT2D eigenvalue weighted by Gasteiger charge is -2.35. The van der Waals surface area contributed by atoms with Gasteiger partial charge in [0.25, 0.3) is 11.8 Å². The van der Waals surface area contributed by atoms with Gasteiger partial charge >= 0.3 is 0 Å². The van der Waals surface area contributed by atoms with Gasteiger partial charge in [-0.1, -0.05) is 0 Å². The number of carbonyl (C=O) groups is 2. The van der Waals surface area contributed by atoms with Gasteiger partial charge in [0.05, 0.1) is 18.1 Å². The van der Waals surface area contributed by atoms with E-state index in [0.717, 1.165) is 12.2 Å². The highest BCUT2D eigenvalue weighted by molar-refractivity contribution is 5.92. The number of anilines is 1. The molecule has 0 atom stereocenters. The fourth-order valence-electron chi connectivity index (χ4n) is 2.91. The maximum absolute atomic E-state index is 12.3. The molecule has 8 heteroatoms. The zero-order valence-corrected chi connectivity index (χ0v) is 15.7. The van der Waals surface area contributed by atoms with Crippen molar-refractivity contribution in [3.8, 4) is 0 Å². The van der Waals surface area contributed by atoms with Gasteiger partial charge in [-0.2, -0.15) is 0 Å². The van der Waals surface area contributed by atoms with Crippen molar-refractivity contribution in [1.29, 1.82) is 0 Å². The Morgan fingerprint density at radius 1 is 1.19 bits per heavy atom. The van der Waals surface area contributed by atoms with E-state index in [0.29, 0.717) is 44.2 Å². The van der Waals surface area contributed by atoms with E-state index in [1.54, 1.807) is 29.3 Å². The largest absolute Gasteiger partial charge is 0.459 e. The summed E-state index contributed by atoms with van der Waals surface area (Å²) < 4.78 is 5.18.